The van der Waals surface area contributed by atoms with Crippen LogP contribution in [0.15, 0.2) is 12.1 Å². The third kappa shape index (κ3) is 2.11. The zero-order valence-corrected chi connectivity index (χ0v) is 12.5. The number of benzene rings is 1. The lowest BCUT2D eigenvalue weighted by molar-refractivity contribution is -0.123. The molecule has 6 nitrogen and oxygen atoms in total. The number of carbonyl (C=O) groups excluding carboxylic acids is 4. The van der Waals surface area contributed by atoms with Crippen LogP contribution < -0.4 is 9.80 Å². The number of carbonyl (C=O) groups is 4. The van der Waals surface area contributed by atoms with E-state index in [0.717, 1.165) is 20.9 Å². The van der Waals surface area contributed by atoms with Crippen molar-refractivity contribution in [3.63, 3.8) is 0 Å². The standard InChI is InChI=1S/C16H16N2O4/c1-9-7-11(17-13(19)3-4-14(17)20)12(8-10(9)2)18-15(21)5-6-16(18)22/h7-8H,3-6H2,1-2H3. The number of hydrogen-bond donors (Lipinski definition) is 0. The summed E-state index contributed by atoms with van der Waals surface area (Å²) < 4.78 is 0. The number of anilines is 2. The lowest BCUT2D eigenvalue weighted by Gasteiger charge is -2.24. The fraction of sp³-hybridized carbons (Fsp3) is 0.375. The molecule has 2 aliphatic heterocycles. The van der Waals surface area contributed by atoms with Gasteiger partial charge in [0.25, 0.3) is 0 Å². The Labute approximate surface area is 127 Å². The first kappa shape index (κ1) is 14.4. The van der Waals surface area contributed by atoms with Crippen LogP contribution in [0.25, 0.3) is 0 Å². The predicted molar refractivity (Wildman–Crippen MR) is 79.4 cm³/mol. The summed E-state index contributed by atoms with van der Waals surface area (Å²) in [7, 11) is 0. The Bertz CT molecular complexity index is 630. The second kappa shape index (κ2) is 5.05. The van der Waals surface area contributed by atoms with Gasteiger partial charge in [0.1, 0.15) is 0 Å². The molecule has 6 heteroatoms. The van der Waals surface area contributed by atoms with Crippen LogP contribution in [0.5, 0.6) is 0 Å². The summed E-state index contributed by atoms with van der Waals surface area (Å²) in [5.74, 6) is -1.19. The Hall–Kier alpha value is -2.50. The summed E-state index contributed by atoms with van der Waals surface area (Å²) in [5, 5.41) is 0. The summed E-state index contributed by atoms with van der Waals surface area (Å²) >= 11 is 0. The van der Waals surface area contributed by atoms with Crippen molar-refractivity contribution in [2.24, 2.45) is 0 Å². The van der Waals surface area contributed by atoms with Gasteiger partial charge >= 0.3 is 0 Å². The fourth-order valence-electron chi connectivity index (χ4n) is 2.83. The lowest BCUT2D eigenvalue weighted by atomic mass is 10.1. The molecule has 22 heavy (non-hydrogen) atoms. The van der Waals surface area contributed by atoms with E-state index in [4.69, 9.17) is 0 Å². The summed E-state index contributed by atoms with van der Waals surface area (Å²) in [5.41, 5.74) is 2.45. The van der Waals surface area contributed by atoms with Crippen molar-refractivity contribution in [3.8, 4) is 0 Å². The minimum absolute atomic E-state index is 0.160. The van der Waals surface area contributed by atoms with Crippen molar-refractivity contribution >= 4 is 35.0 Å². The van der Waals surface area contributed by atoms with Crippen molar-refractivity contribution < 1.29 is 19.2 Å². The summed E-state index contributed by atoms with van der Waals surface area (Å²) in [6.07, 6.45) is 0.639. The van der Waals surface area contributed by atoms with E-state index in [0.29, 0.717) is 11.4 Å². The highest BCUT2D eigenvalue weighted by atomic mass is 16.2. The first-order valence-electron chi connectivity index (χ1n) is 7.23. The Morgan fingerprint density at radius 1 is 0.636 bits per heavy atom. The number of aryl methyl sites for hydroxylation is 2. The van der Waals surface area contributed by atoms with Crippen LogP contribution in [-0.4, -0.2) is 23.6 Å². The molecule has 2 heterocycles. The van der Waals surface area contributed by atoms with Crippen molar-refractivity contribution in [2.45, 2.75) is 39.5 Å². The fourth-order valence-corrected chi connectivity index (χ4v) is 2.83. The third-order valence-corrected chi connectivity index (χ3v) is 4.18. The van der Waals surface area contributed by atoms with Gasteiger partial charge in [-0.25, -0.2) is 9.80 Å². The second-order valence-corrected chi connectivity index (χ2v) is 5.67. The molecule has 0 spiro atoms. The monoisotopic (exact) mass is 300 g/mol. The molecule has 2 saturated heterocycles. The SMILES string of the molecule is Cc1cc(N2C(=O)CCC2=O)c(N2C(=O)CCC2=O)cc1C. The van der Waals surface area contributed by atoms with Crippen molar-refractivity contribution in [1.82, 2.24) is 0 Å². The Kier molecular flexibility index (Phi) is 3.31. The molecule has 0 aromatic heterocycles. The van der Waals surface area contributed by atoms with Gasteiger partial charge in [0.05, 0.1) is 11.4 Å². The first-order chi connectivity index (χ1) is 10.4. The summed E-state index contributed by atoms with van der Waals surface area (Å²) in [6.45, 7) is 3.72. The molecule has 2 fully saturated rings. The average molecular weight is 300 g/mol. The molecule has 0 bridgehead atoms. The molecular formula is C16H16N2O4. The quantitative estimate of drug-likeness (QED) is 0.778. The van der Waals surface area contributed by atoms with Crippen LogP contribution in [0.1, 0.15) is 36.8 Å². The molecule has 1 aromatic carbocycles. The summed E-state index contributed by atoms with van der Waals surface area (Å²) in [4.78, 5) is 50.3. The smallest absolute Gasteiger partial charge is 0.234 e. The topological polar surface area (TPSA) is 74.8 Å². The minimum Gasteiger partial charge on any atom is -0.274 e. The van der Waals surface area contributed by atoms with Crippen molar-refractivity contribution in [1.29, 1.82) is 0 Å². The molecule has 0 atom stereocenters. The normalized spacial score (nSPS) is 18.8. The largest absolute Gasteiger partial charge is 0.274 e. The van der Waals surface area contributed by atoms with E-state index in [1.807, 2.05) is 13.8 Å². The Balaban J connectivity index is 2.19. The molecule has 0 radical (unpaired) electrons. The highest BCUT2D eigenvalue weighted by Gasteiger charge is 2.37. The van der Waals surface area contributed by atoms with E-state index in [1.54, 1.807) is 12.1 Å². The zero-order valence-electron chi connectivity index (χ0n) is 12.5. The van der Waals surface area contributed by atoms with E-state index >= 15 is 0 Å². The maximum atomic E-state index is 12.0. The predicted octanol–water partition coefficient (Wildman–Crippen LogP) is 1.61. The van der Waals surface area contributed by atoms with Gasteiger partial charge in [-0.3, -0.25) is 19.2 Å². The molecule has 0 N–H and O–H groups in total. The van der Waals surface area contributed by atoms with Gasteiger partial charge in [-0.05, 0) is 37.1 Å². The number of imide groups is 2. The zero-order chi connectivity index (χ0) is 16.0. The van der Waals surface area contributed by atoms with Crippen molar-refractivity contribution in [3.05, 3.63) is 23.3 Å². The molecule has 0 unspecified atom stereocenters. The van der Waals surface area contributed by atoms with Gasteiger partial charge in [0.15, 0.2) is 0 Å². The maximum absolute atomic E-state index is 12.0. The first-order valence-corrected chi connectivity index (χ1v) is 7.23. The van der Waals surface area contributed by atoms with Gasteiger partial charge in [-0.2, -0.15) is 0 Å². The molecule has 4 amide bonds. The van der Waals surface area contributed by atoms with Gasteiger partial charge < -0.3 is 0 Å². The van der Waals surface area contributed by atoms with E-state index in [9.17, 15) is 19.2 Å². The molecule has 0 aliphatic carbocycles. The van der Waals surface area contributed by atoms with Crippen LogP contribution in [-0.2, 0) is 19.2 Å². The minimum atomic E-state index is -0.298. The number of amides is 4. The van der Waals surface area contributed by atoms with Gasteiger partial charge in [-0.15, -0.1) is 0 Å². The molecular weight excluding hydrogens is 284 g/mol. The van der Waals surface area contributed by atoms with Crippen LogP contribution in [0.4, 0.5) is 11.4 Å². The second-order valence-electron chi connectivity index (χ2n) is 5.67. The number of nitrogens with zero attached hydrogens (tertiary/aromatic N) is 2. The van der Waals surface area contributed by atoms with Crippen molar-refractivity contribution in [2.75, 3.05) is 9.80 Å². The Morgan fingerprint density at radius 3 is 1.18 bits per heavy atom. The van der Waals surface area contributed by atoms with Gasteiger partial charge in [-0.1, -0.05) is 0 Å². The van der Waals surface area contributed by atoms with Crippen LogP contribution in [0.3, 0.4) is 0 Å². The van der Waals surface area contributed by atoms with Gasteiger partial charge in [0, 0.05) is 25.7 Å². The van der Waals surface area contributed by atoms with E-state index in [1.165, 1.54) is 0 Å². The molecule has 0 saturated carbocycles. The van der Waals surface area contributed by atoms with Crippen LogP contribution >= 0.6 is 0 Å². The number of hydrogen-bond acceptors (Lipinski definition) is 4. The Morgan fingerprint density at radius 2 is 0.909 bits per heavy atom. The molecule has 114 valence electrons. The van der Waals surface area contributed by atoms with E-state index in [-0.39, 0.29) is 49.3 Å². The van der Waals surface area contributed by atoms with Gasteiger partial charge in [0.2, 0.25) is 23.6 Å². The molecule has 1 aromatic rings. The van der Waals surface area contributed by atoms with E-state index < -0.39 is 0 Å². The highest BCUT2D eigenvalue weighted by molar-refractivity contribution is 6.26. The summed E-state index contributed by atoms with van der Waals surface area (Å²) in [6, 6.07) is 3.40. The highest BCUT2D eigenvalue weighted by Crippen LogP contribution is 2.37. The van der Waals surface area contributed by atoms with Crippen LogP contribution in [0.2, 0.25) is 0 Å². The van der Waals surface area contributed by atoms with E-state index in [2.05, 4.69) is 0 Å². The lowest BCUT2D eigenvalue weighted by Crippen LogP contribution is -2.34. The number of rotatable bonds is 2. The third-order valence-electron chi connectivity index (χ3n) is 4.18. The molecule has 2 aliphatic rings. The molecule has 3 rings (SSSR count). The average Bonchev–Trinajstić information content (AvgIpc) is 2.96. The van der Waals surface area contributed by atoms with Crippen LogP contribution in [0, 0.1) is 13.8 Å². The maximum Gasteiger partial charge on any atom is 0.234 e.